The molecule has 0 radical (unpaired) electrons. The number of benzene rings is 2. The maximum Gasteiger partial charge on any atom is 0.0654 e. The van der Waals surface area contributed by atoms with E-state index in [4.69, 9.17) is 11.6 Å². The number of aryl methyl sites for hydroxylation is 1. The lowest BCUT2D eigenvalue weighted by atomic mass is 9.94. The summed E-state index contributed by atoms with van der Waals surface area (Å²) in [6.45, 7) is 7.02. The lowest BCUT2D eigenvalue weighted by Crippen LogP contribution is -1.99. The fourth-order valence-corrected chi connectivity index (χ4v) is 3.74. The van der Waals surface area contributed by atoms with Gasteiger partial charge in [-0.3, -0.25) is 0 Å². The summed E-state index contributed by atoms with van der Waals surface area (Å²) in [5.41, 5.74) is 3.65. The first kappa shape index (κ1) is 17.4. The van der Waals surface area contributed by atoms with Gasteiger partial charge in [-0.25, -0.2) is 0 Å². The Morgan fingerprint density at radius 3 is 2.58 bits per heavy atom. The van der Waals surface area contributed by atoms with E-state index in [1.54, 1.807) is 0 Å². The zero-order valence-electron chi connectivity index (χ0n) is 15.0. The molecular formula is C22H28ClN. The SMILES string of the molecule is CC(C)CCCC(C)CCc1ccc2[nH]c3c(Cl)cccc3c2c1. The van der Waals surface area contributed by atoms with Gasteiger partial charge in [-0.15, -0.1) is 0 Å². The van der Waals surface area contributed by atoms with Crippen molar-refractivity contribution in [1.82, 2.24) is 4.98 Å². The third-order valence-electron chi connectivity index (χ3n) is 5.05. The topological polar surface area (TPSA) is 15.8 Å². The van der Waals surface area contributed by atoms with Crippen molar-refractivity contribution in [3.05, 3.63) is 47.0 Å². The number of H-pyrrole nitrogens is 1. The maximum absolute atomic E-state index is 6.31. The van der Waals surface area contributed by atoms with E-state index in [1.165, 1.54) is 47.5 Å². The predicted octanol–water partition coefficient (Wildman–Crippen LogP) is 7.37. The van der Waals surface area contributed by atoms with Gasteiger partial charge < -0.3 is 4.98 Å². The highest BCUT2D eigenvalue weighted by Gasteiger charge is 2.09. The largest absolute Gasteiger partial charge is 0.353 e. The van der Waals surface area contributed by atoms with E-state index in [0.717, 1.165) is 28.8 Å². The number of fused-ring (bicyclic) bond motifs is 3. The van der Waals surface area contributed by atoms with E-state index in [-0.39, 0.29) is 0 Å². The van der Waals surface area contributed by atoms with E-state index in [2.05, 4.69) is 50.0 Å². The van der Waals surface area contributed by atoms with Crippen molar-refractivity contribution in [3.63, 3.8) is 0 Å². The molecule has 1 aromatic heterocycles. The van der Waals surface area contributed by atoms with Gasteiger partial charge in [0.1, 0.15) is 0 Å². The van der Waals surface area contributed by atoms with Crippen LogP contribution in [-0.2, 0) is 6.42 Å². The molecule has 1 atom stereocenters. The number of hydrogen-bond donors (Lipinski definition) is 1. The molecule has 1 unspecified atom stereocenters. The van der Waals surface area contributed by atoms with E-state index in [1.807, 2.05) is 12.1 Å². The van der Waals surface area contributed by atoms with Gasteiger partial charge in [0.2, 0.25) is 0 Å². The molecule has 0 saturated heterocycles. The van der Waals surface area contributed by atoms with E-state index >= 15 is 0 Å². The van der Waals surface area contributed by atoms with Crippen LogP contribution in [0.5, 0.6) is 0 Å². The molecule has 1 N–H and O–H groups in total. The number of para-hydroxylation sites is 1. The highest BCUT2D eigenvalue weighted by molar-refractivity contribution is 6.36. The second-order valence-corrected chi connectivity index (χ2v) is 8.04. The van der Waals surface area contributed by atoms with Gasteiger partial charge in [-0.05, 0) is 48.4 Å². The Hall–Kier alpha value is -1.47. The van der Waals surface area contributed by atoms with Crippen molar-refractivity contribution in [3.8, 4) is 0 Å². The first-order valence-electron chi connectivity index (χ1n) is 9.23. The Morgan fingerprint density at radius 1 is 0.958 bits per heavy atom. The molecule has 3 rings (SSSR count). The summed E-state index contributed by atoms with van der Waals surface area (Å²) in [6.07, 6.45) is 6.49. The van der Waals surface area contributed by atoms with Gasteiger partial charge in [-0.2, -0.15) is 0 Å². The third kappa shape index (κ3) is 3.95. The number of aromatic nitrogens is 1. The molecule has 2 heteroatoms. The zero-order valence-corrected chi connectivity index (χ0v) is 15.8. The highest BCUT2D eigenvalue weighted by Crippen LogP contribution is 2.31. The van der Waals surface area contributed by atoms with Crippen molar-refractivity contribution >= 4 is 33.4 Å². The fraction of sp³-hybridized carbons (Fsp3) is 0.455. The van der Waals surface area contributed by atoms with Gasteiger partial charge in [0.25, 0.3) is 0 Å². The van der Waals surface area contributed by atoms with Crippen LogP contribution >= 0.6 is 11.6 Å². The highest BCUT2D eigenvalue weighted by atomic mass is 35.5. The van der Waals surface area contributed by atoms with Gasteiger partial charge in [0.15, 0.2) is 0 Å². The lowest BCUT2D eigenvalue weighted by molar-refractivity contribution is 0.437. The first-order chi connectivity index (χ1) is 11.5. The molecule has 0 aliphatic rings. The minimum Gasteiger partial charge on any atom is -0.353 e. The van der Waals surface area contributed by atoms with Gasteiger partial charge in [-0.1, -0.05) is 69.8 Å². The van der Waals surface area contributed by atoms with Crippen molar-refractivity contribution in [2.24, 2.45) is 11.8 Å². The van der Waals surface area contributed by atoms with Crippen LogP contribution in [0.1, 0.15) is 52.0 Å². The van der Waals surface area contributed by atoms with Gasteiger partial charge in [0, 0.05) is 16.3 Å². The summed E-state index contributed by atoms with van der Waals surface area (Å²) < 4.78 is 0. The van der Waals surface area contributed by atoms with Crippen LogP contribution in [0.2, 0.25) is 5.02 Å². The van der Waals surface area contributed by atoms with Crippen LogP contribution in [-0.4, -0.2) is 4.98 Å². The average molecular weight is 342 g/mol. The first-order valence-corrected chi connectivity index (χ1v) is 9.61. The summed E-state index contributed by atoms with van der Waals surface area (Å²) >= 11 is 6.31. The summed E-state index contributed by atoms with van der Waals surface area (Å²) in [6, 6.07) is 12.9. The molecule has 1 heterocycles. The zero-order chi connectivity index (χ0) is 17.1. The van der Waals surface area contributed by atoms with Crippen LogP contribution < -0.4 is 0 Å². The average Bonchev–Trinajstić information content (AvgIpc) is 2.92. The molecule has 1 nitrogen and oxygen atoms in total. The molecule has 2 aromatic carbocycles. The maximum atomic E-state index is 6.31. The molecule has 0 aliphatic carbocycles. The summed E-state index contributed by atoms with van der Waals surface area (Å²) in [5, 5.41) is 3.31. The van der Waals surface area contributed by atoms with E-state index in [0.29, 0.717) is 0 Å². The van der Waals surface area contributed by atoms with Crippen molar-refractivity contribution in [2.75, 3.05) is 0 Å². The Bertz CT molecular complexity index is 815. The molecule has 0 bridgehead atoms. The predicted molar refractivity (Wildman–Crippen MR) is 107 cm³/mol. The molecule has 0 saturated carbocycles. The molecule has 0 fully saturated rings. The minimum absolute atomic E-state index is 0.795. The monoisotopic (exact) mass is 341 g/mol. The Kier molecular flexibility index (Phi) is 5.50. The molecule has 128 valence electrons. The van der Waals surface area contributed by atoms with Crippen LogP contribution in [0, 0.1) is 11.8 Å². The van der Waals surface area contributed by atoms with E-state index in [9.17, 15) is 0 Å². The van der Waals surface area contributed by atoms with Crippen molar-refractivity contribution < 1.29 is 0 Å². The molecule has 24 heavy (non-hydrogen) atoms. The van der Waals surface area contributed by atoms with Gasteiger partial charge in [0.05, 0.1) is 10.5 Å². The summed E-state index contributed by atoms with van der Waals surface area (Å²) in [7, 11) is 0. The number of nitrogens with one attached hydrogen (secondary N) is 1. The third-order valence-corrected chi connectivity index (χ3v) is 5.37. The number of halogens is 1. The fourth-order valence-electron chi connectivity index (χ4n) is 3.52. The normalized spacial score (nSPS) is 13.2. The molecular weight excluding hydrogens is 314 g/mol. The lowest BCUT2D eigenvalue weighted by Gasteiger charge is -2.12. The van der Waals surface area contributed by atoms with Crippen LogP contribution in [0.3, 0.4) is 0 Å². The summed E-state index contributed by atoms with van der Waals surface area (Å²) in [5.74, 6) is 1.63. The van der Waals surface area contributed by atoms with Crippen LogP contribution in [0.15, 0.2) is 36.4 Å². The molecule has 0 amide bonds. The Labute approximate surface area is 150 Å². The second-order valence-electron chi connectivity index (χ2n) is 7.64. The van der Waals surface area contributed by atoms with Crippen molar-refractivity contribution in [1.29, 1.82) is 0 Å². The standard InChI is InChI=1S/C22H28ClN/c1-15(2)6-4-7-16(3)10-11-17-12-13-21-19(14-17)18-8-5-9-20(23)22(18)24-21/h5,8-9,12-16,24H,4,6-7,10-11H2,1-3H3. The second kappa shape index (κ2) is 7.61. The van der Waals surface area contributed by atoms with Crippen LogP contribution in [0.25, 0.3) is 21.8 Å². The van der Waals surface area contributed by atoms with Crippen LogP contribution in [0.4, 0.5) is 0 Å². The number of hydrogen-bond acceptors (Lipinski definition) is 0. The van der Waals surface area contributed by atoms with E-state index < -0.39 is 0 Å². The summed E-state index contributed by atoms with van der Waals surface area (Å²) in [4.78, 5) is 3.44. The Morgan fingerprint density at radius 2 is 1.79 bits per heavy atom. The molecule has 0 aliphatic heterocycles. The Balaban J connectivity index is 1.69. The van der Waals surface area contributed by atoms with Gasteiger partial charge >= 0.3 is 0 Å². The van der Waals surface area contributed by atoms with Crippen molar-refractivity contribution in [2.45, 2.75) is 52.9 Å². The number of aromatic amines is 1. The smallest absolute Gasteiger partial charge is 0.0654 e. The number of rotatable bonds is 7. The minimum atomic E-state index is 0.795. The molecule has 0 spiro atoms. The quantitative estimate of drug-likeness (QED) is 0.461. The molecule has 3 aromatic rings.